The van der Waals surface area contributed by atoms with Crippen LogP contribution in [0.15, 0.2) is 29.4 Å². The molecular weight excluding hydrogens is 266 g/mol. The van der Waals surface area contributed by atoms with Crippen LogP contribution < -0.4 is 5.43 Å². The quantitative estimate of drug-likeness (QED) is 0.669. The molecular formula is C16H21N3O2. The third-order valence-corrected chi connectivity index (χ3v) is 5.91. The van der Waals surface area contributed by atoms with E-state index >= 15 is 0 Å². The largest absolute Gasteiger partial charge is 0.279 e. The summed E-state index contributed by atoms with van der Waals surface area (Å²) in [5.41, 5.74) is 5.67. The summed E-state index contributed by atoms with van der Waals surface area (Å²) < 4.78 is 0. The number of benzene rings is 1. The third-order valence-electron chi connectivity index (χ3n) is 5.91. The van der Waals surface area contributed by atoms with E-state index in [2.05, 4.69) is 31.3 Å². The molecule has 0 spiro atoms. The Balaban J connectivity index is 1.77. The van der Waals surface area contributed by atoms with Gasteiger partial charge in [-0.1, -0.05) is 20.8 Å². The summed E-state index contributed by atoms with van der Waals surface area (Å²) >= 11 is 0. The fraction of sp³-hybridized carbons (Fsp3) is 0.562. The summed E-state index contributed by atoms with van der Waals surface area (Å²) in [6, 6.07) is 6.38. The standard InChI is InChI=1S/C16H21N3O2/c1-15(2)11-8-9-16(15,3)14(10-11)18-17-12-4-6-13(7-5-12)19(20)21/h4-7,11,17H,8-10H2,1-3H3/b18-14-/t11-,16+/m0/s1. The van der Waals surface area contributed by atoms with E-state index in [1.807, 2.05) is 0 Å². The molecule has 2 aliphatic carbocycles. The van der Waals surface area contributed by atoms with Crippen LogP contribution in [0.1, 0.15) is 40.0 Å². The molecule has 2 fully saturated rings. The van der Waals surface area contributed by atoms with E-state index in [9.17, 15) is 10.1 Å². The maximum absolute atomic E-state index is 10.6. The summed E-state index contributed by atoms with van der Waals surface area (Å²) in [6.45, 7) is 7.01. The van der Waals surface area contributed by atoms with Gasteiger partial charge in [0, 0.05) is 23.3 Å². The van der Waals surface area contributed by atoms with Crippen LogP contribution in [0.3, 0.4) is 0 Å². The Hall–Kier alpha value is -1.91. The molecule has 0 amide bonds. The van der Waals surface area contributed by atoms with Crippen molar-refractivity contribution in [1.29, 1.82) is 0 Å². The lowest BCUT2D eigenvalue weighted by Crippen LogP contribution is -2.32. The zero-order chi connectivity index (χ0) is 15.3. The van der Waals surface area contributed by atoms with Gasteiger partial charge in [0.25, 0.3) is 5.69 Å². The van der Waals surface area contributed by atoms with Crippen molar-refractivity contribution in [2.24, 2.45) is 21.8 Å². The highest BCUT2D eigenvalue weighted by Gasteiger charge is 2.59. The fourth-order valence-corrected chi connectivity index (χ4v) is 3.89. The molecule has 0 unspecified atom stereocenters. The van der Waals surface area contributed by atoms with Crippen molar-refractivity contribution in [2.75, 3.05) is 5.43 Å². The number of nitrogens with zero attached hydrogens (tertiary/aromatic N) is 2. The molecule has 0 saturated heterocycles. The molecule has 3 rings (SSSR count). The predicted octanol–water partition coefficient (Wildman–Crippen LogP) is 4.21. The second kappa shape index (κ2) is 4.55. The van der Waals surface area contributed by atoms with Gasteiger partial charge in [0.2, 0.25) is 0 Å². The second-order valence-corrected chi connectivity index (χ2v) is 6.97. The summed E-state index contributed by atoms with van der Waals surface area (Å²) in [7, 11) is 0. The van der Waals surface area contributed by atoms with E-state index < -0.39 is 4.92 Å². The first-order chi connectivity index (χ1) is 9.84. The number of nitrogens with one attached hydrogen (secondary N) is 1. The van der Waals surface area contributed by atoms with E-state index in [0.29, 0.717) is 5.41 Å². The van der Waals surface area contributed by atoms with Crippen molar-refractivity contribution in [3.8, 4) is 0 Å². The number of rotatable bonds is 3. The lowest BCUT2D eigenvalue weighted by atomic mass is 9.70. The van der Waals surface area contributed by atoms with Crippen molar-refractivity contribution >= 4 is 17.1 Å². The van der Waals surface area contributed by atoms with E-state index in [1.54, 1.807) is 12.1 Å². The minimum atomic E-state index is -0.394. The Bertz CT molecular complexity index is 606. The first-order valence-electron chi connectivity index (χ1n) is 7.42. The van der Waals surface area contributed by atoms with Crippen LogP contribution >= 0.6 is 0 Å². The number of non-ortho nitro benzene ring substituents is 1. The summed E-state index contributed by atoms with van der Waals surface area (Å²) in [6.07, 6.45) is 3.55. The number of fused-ring (bicyclic) bond motifs is 2. The molecule has 2 atom stereocenters. The number of nitro benzene ring substituents is 1. The molecule has 112 valence electrons. The third kappa shape index (κ3) is 2.03. The van der Waals surface area contributed by atoms with Gasteiger partial charge in [-0.05, 0) is 42.7 Å². The van der Waals surface area contributed by atoms with Gasteiger partial charge < -0.3 is 0 Å². The number of hydrazone groups is 1. The van der Waals surface area contributed by atoms with Gasteiger partial charge in [-0.25, -0.2) is 0 Å². The molecule has 2 aliphatic rings. The lowest BCUT2D eigenvalue weighted by Gasteiger charge is -2.34. The SMILES string of the molecule is CC1(C)[C@H]2CC[C@]1(C)/C(=N\Nc1ccc([N+](=O)[O-])cc1)C2. The topological polar surface area (TPSA) is 67.5 Å². The van der Waals surface area contributed by atoms with Crippen LogP contribution in [-0.2, 0) is 0 Å². The van der Waals surface area contributed by atoms with Crippen molar-refractivity contribution in [2.45, 2.75) is 40.0 Å². The highest BCUT2D eigenvalue weighted by molar-refractivity contribution is 5.94. The molecule has 1 aromatic carbocycles. The van der Waals surface area contributed by atoms with E-state index in [1.165, 1.54) is 30.7 Å². The Morgan fingerprint density at radius 2 is 1.95 bits per heavy atom. The normalized spacial score (nSPS) is 31.6. The molecule has 2 saturated carbocycles. The molecule has 21 heavy (non-hydrogen) atoms. The first kappa shape index (κ1) is 14.0. The van der Waals surface area contributed by atoms with Gasteiger partial charge in [-0.2, -0.15) is 5.10 Å². The average molecular weight is 287 g/mol. The summed E-state index contributed by atoms with van der Waals surface area (Å²) in [4.78, 5) is 10.2. The molecule has 2 bridgehead atoms. The Labute approximate surface area is 124 Å². The van der Waals surface area contributed by atoms with Gasteiger partial charge in [-0.15, -0.1) is 0 Å². The maximum atomic E-state index is 10.6. The minimum Gasteiger partial charge on any atom is -0.279 e. The minimum absolute atomic E-state index is 0.0984. The van der Waals surface area contributed by atoms with E-state index in [-0.39, 0.29) is 11.1 Å². The number of anilines is 1. The van der Waals surface area contributed by atoms with Crippen molar-refractivity contribution in [3.05, 3.63) is 34.4 Å². The van der Waals surface area contributed by atoms with Crippen molar-refractivity contribution < 1.29 is 4.92 Å². The Morgan fingerprint density at radius 1 is 1.29 bits per heavy atom. The second-order valence-electron chi connectivity index (χ2n) is 6.97. The smallest absolute Gasteiger partial charge is 0.269 e. The van der Waals surface area contributed by atoms with Gasteiger partial charge in [0.1, 0.15) is 0 Å². The van der Waals surface area contributed by atoms with Crippen LogP contribution in [-0.4, -0.2) is 10.6 Å². The number of hydrogen-bond acceptors (Lipinski definition) is 4. The van der Waals surface area contributed by atoms with Crippen molar-refractivity contribution in [3.63, 3.8) is 0 Å². The van der Waals surface area contributed by atoms with Gasteiger partial charge in [-0.3, -0.25) is 15.5 Å². The molecule has 1 aromatic rings. The maximum Gasteiger partial charge on any atom is 0.269 e. The predicted molar refractivity (Wildman–Crippen MR) is 83.4 cm³/mol. The zero-order valence-electron chi connectivity index (χ0n) is 12.7. The molecule has 0 aliphatic heterocycles. The Morgan fingerprint density at radius 3 is 2.43 bits per heavy atom. The monoisotopic (exact) mass is 287 g/mol. The number of hydrogen-bond donors (Lipinski definition) is 1. The zero-order valence-corrected chi connectivity index (χ0v) is 12.7. The van der Waals surface area contributed by atoms with Crippen LogP contribution in [0.4, 0.5) is 11.4 Å². The van der Waals surface area contributed by atoms with Gasteiger partial charge in [0.05, 0.1) is 10.6 Å². The van der Waals surface area contributed by atoms with Crippen LogP contribution in [0.5, 0.6) is 0 Å². The average Bonchev–Trinajstić information content (AvgIpc) is 2.78. The molecule has 5 nitrogen and oxygen atoms in total. The Kier molecular flexibility index (Phi) is 3.04. The molecule has 1 N–H and O–H groups in total. The molecule has 0 heterocycles. The van der Waals surface area contributed by atoms with Crippen LogP contribution in [0.25, 0.3) is 0 Å². The first-order valence-corrected chi connectivity index (χ1v) is 7.42. The highest BCUT2D eigenvalue weighted by Crippen LogP contribution is 2.63. The fourth-order valence-electron chi connectivity index (χ4n) is 3.89. The lowest BCUT2D eigenvalue weighted by molar-refractivity contribution is -0.384. The van der Waals surface area contributed by atoms with E-state index in [4.69, 9.17) is 0 Å². The van der Waals surface area contributed by atoms with Crippen LogP contribution in [0, 0.1) is 26.9 Å². The van der Waals surface area contributed by atoms with Crippen LogP contribution in [0.2, 0.25) is 0 Å². The van der Waals surface area contributed by atoms with Crippen molar-refractivity contribution in [1.82, 2.24) is 0 Å². The van der Waals surface area contributed by atoms with Gasteiger partial charge in [0.15, 0.2) is 0 Å². The highest BCUT2D eigenvalue weighted by atomic mass is 16.6. The molecule has 0 aromatic heterocycles. The summed E-state index contributed by atoms with van der Waals surface area (Å²) in [5, 5.41) is 15.3. The number of nitro groups is 1. The molecule has 0 radical (unpaired) electrons. The van der Waals surface area contributed by atoms with E-state index in [0.717, 1.165) is 18.0 Å². The van der Waals surface area contributed by atoms with Gasteiger partial charge >= 0.3 is 0 Å². The molecule has 5 heteroatoms. The summed E-state index contributed by atoms with van der Waals surface area (Å²) in [5.74, 6) is 0.722.